The molecule has 1 heterocycles. The van der Waals surface area contributed by atoms with Gasteiger partial charge in [0.15, 0.2) is 5.75 Å². The third-order valence-corrected chi connectivity index (χ3v) is 2.99. The minimum atomic E-state index is 0.367. The highest BCUT2D eigenvalue weighted by molar-refractivity contribution is 5.34. The molecule has 16 heavy (non-hydrogen) atoms. The highest BCUT2D eigenvalue weighted by Gasteiger charge is 2.20. The van der Waals surface area contributed by atoms with Crippen molar-refractivity contribution in [3.63, 3.8) is 0 Å². The summed E-state index contributed by atoms with van der Waals surface area (Å²) < 4.78 is 1.99. The highest BCUT2D eigenvalue weighted by Crippen LogP contribution is 2.31. The van der Waals surface area contributed by atoms with Gasteiger partial charge in [-0.25, -0.2) is 0 Å². The Hall–Kier alpha value is -0.990. The fourth-order valence-corrected chi connectivity index (χ4v) is 1.92. The molecule has 0 saturated heterocycles. The molecule has 3 nitrogen and oxygen atoms in total. The van der Waals surface area contributed by atoms with Gasteiger partial charge in [-0.3, -0.25) is 4.68 Å². The molecule has 0 aromatic carbocycles. The number of aromatic hydroxyl groups is 1. The molecule has 1 atom stereocenters. The van der Waals surface area contributed by atoms with Crippen molar-refractivity contribution >= 4 is 0 Å². The fraction of sp³-hybridized carbons (Fsp3) is 0.769. The second-order valence-electron chi connectivity index (χ2n) is 4.92. The summed E-state index contributed by atoms with van der Waals surface area (Å²) in [6.45, 7) is 11.5. The van der Waals surface area contributed by atoms with Crippen LogP contribution in [-0.4, -0.2) is 14.9 Å². The lowest BCUT2D eigenvalue weighted by molar-refractivity contribution is 0.429. The molecule has 0 radical (unpaired) electrons. The maximum Gasteiger partial charge on any atom is 0.160 e. The molecular weight excluding hydrogens is 200 g/mol. The Labute approximate surface area is 98.5 Å². The van der Waals surface area contributed by atoms with E-state index in [1.807, 2.05) is 11.6 Å². The van der Waals surface area contributed by atoms with Crippen LogP contribution in [0.25, 0.3) is 0 Å². The summed E-state index contributed by atoms with van der Waals surface area (Å²) in [6.07, 6.45) is 1.82. The van der Waals surface area contributed by atoms with Crippen LogP contribution in [0.3, 0.4) is 0 Å². The van der Waals surface area contributed by atoms with Crippen LogP contribution in [0.5, 0.6) is 5.75 Å². The lowest BCUT2D eigenvalue weighted by Gasteiger charge is -2.14. The molecule has 0 amide bonds. The van der Waals surface area contributed by atoms with E-state index in [2.05, 4.69) is 32.8 Å². The van der Waals surface area contributed by atoms with E-state index in [9.17, 15) is 5.11 Å². The summed E-state index contributed by atoms with van der Waals surface area (Å²) in [5.74, 6) is 1.33. The molecule has 0 aliphatic rings. The first kappa shape index (κ1) is 13.1. The first-order chi connectivity index (χ1) is 7.51. The molecule has 0 bridgehead atoms. The Kier molecular flexibility index (Phi) is 4.39. The third kappa shape index (κ3) is 2.57. The van der Waals surface area contributed by atoms with Crippen LogP contribution in [0.2, 0.25) is 0 Å². The van der Waals surface area contributed by atoms with Gasteiger partial charge >= 0.3 is 0 Å². The Balaban J connectivity index is 3.14. The number of hydrogen-bond donors (Lipinski definition) is 1. The van der Waals surface area contributed by atoms with Gasteiger partial charge in [-0.05, 0) is 18.8 Å². The van der Waals surface area contributed by atoms with E-state index in [4.69, 9.17) is 0 Å². The van der Waals surface area contributed by atoms with Crippen LogP contribution < -0.4 is 0 Å². The van der Waals surface area contributed by atoms with Crippen molar-refractivity contribution < 1.29 is 5.11 Å². The number of aromatic nitrogens is 2. The van der Waals surface area contributed by atoms with E-state index in [-0.39, 0.29) is 0 Å². The maximum absolute atomic E-state index is 10.1. The van der Waals surface area contributed by atoms with Gasteiger partial charge < -0.3 is 5.11 Å². The molecule has 0 spiro atoms. The van der Waals surface area contributed by atoms with Crippen LogP contribution in [0.4, 0.5) is 0 Å². The molecule has 1 unspecified atom stereocenters. The second-order valence-corrected chi connectivity index (χ2v) is 4.92. The van der Waals surface area contributed by atoms with Crippen molar-refractivity contribution in [1.29, 1.82) is 0 Å². The van der Waals surface area contributed by atoms with Crippen LogP contribution >= 0.6 is 0 Å². The van der Waals surface area contributed by atoms with E-state index in [1.165, 1.54) is 0 Å². The average molecular weight is 224 g/mol. The van der Waals surface area contributed by atoms with Crippen molar-refractivity contribution in [2.24, 2.45) is 5.92 Å². The predicted octanol–water partition coefficient (Wildman–Crippen LogP) is 3.32. The Morgan fingerprint density at radius 2 is 1.88 bits per heavy atom. The molecule has 0 fully saturated rings. The van der Waals surface area contributed by atoms with Gasteiger partial charge in [0.2, 0.25) is 0 Å². The summed E-state index contributed by atoms with van der Waals surface area (Å²) in [5.41, 5.74) is 1.84. The SMILES string of the molecule is CCc1nn(CC(C)C)c(C(C)CC)c1O. The van der Waals surface area contributed by atoms with E-state index in [0.29, 0.717) is 17.6 Å². The minimum Gasteiger partial charge on any atom is -0.504 e. The average Bonchev–Trinajstić information content (AvgIpc) is 2.53. The number of nitrogens with zero attached hydrogens (tertiary/aromatic N) is 2. The van der Waals surface area contributed by atoms with Gasteiger partial charge in [0, 0.05) is 12.5 Å². The first-order valence-electron chi connectivity index (χ1n) is 6.29. The minimum absolute atomic E-state index is 0.367. The normalized spacial score (nSPS) is 13.4. The summed E-state index contributed by atoms with van der Waals surface area (Å²) in [4.78, 5) is 0. The first-order valence-corrected chi connectivity index (χ1v) is 6.29. The van der Waals surface area contributed by atoms with Gasteiger partial charge in [0.1, 0.15) is 5.69 Å². The molecule has 0 saturated carbocycles. The van der Waals surface area contributed by atoms with E-state index in [0.717, 1.165) is 30.8 Å². The van der Waals surface area contributed by atoms with Crippen LogP contribution in [-0.2, 0) is 13.0 Å². The molecule has 0 aliphatic carbocycles. The van der Waals surface area contributed by atoms with Gasteiger partial charge in [-0.2, -0.15) is 5.10 Å². The monoisotopic (exact) mass is 224 g/mol. The van der Waals surface area contributed by atoms with Gasteiger partial charge in [-0.1, -0.05) is 34.6 Å². The number of hydrogen-bond acceptors (Lipinski definition) is 2. The Morgan fingerprint density at radius 1 is 1.25 bits per heavy atom. The van der Waals surface area contributed by atoms with E-state index < -0.39 is 0 Å². The molecule has 1 rings (SSSR count). The van der Waals surface area contributed by atoms with Crippen molar-refractivity contribution in [2.75, 3.05) is 0 Å². The molecule has 3 heteroatoms. The zero-order valence-electron chi connectivity index (χ0n) is 11.1. The summed E-state index contributed by atoms with van der Waals surface area (Å²) >= 11 is 0. The summed E-state index contributed by atoms with van der Waals surface area (Å²) in [6, 6.07) is 0. The van der Waals surface area contributed by atoms with Crippen LogP contribution in [0.15, 0.2) is 0 Å². The van der Waals surface area contributed by atoms with E-state index >= 15 is 0 Å². The summed E-state index contributed by atoms with van der Waals surface area (Å²) in [7, 11) is 0. The summed E-state index contributed by atoms with van der Waals surface area (Å²) in [5, 5.41) is 14.6. The van der Waals surface area contributed by atoms with Crippen molar-refractivity contribution in [3.05, 3.63) is 11.4 Å². The van der Waals surface area contributed by atoms with Crippen molar-refractivity contribution in [1.82, 2.24) is 9.78 Å². The number of rotatable bonds is 5. The zero-order chi connectivity index (χ0) is 12.3. The van der Waals surface area contributed by atoms with E-state index in [1.54, 1.807) is 0 Å². The van der Waals surface area contributed by atoms with Gasteiger partial charge in [0.25, 0.3) is 0 Å². The lowest BCUT2D eigenvalue weighted by Crippen LogP contribution is -2.11. The Bertz CT molecular complexity index is 342. The lowest BCUT2D eigenvalue weighted by atomic mass is 10.0. The van der Waals surface area contributed by atoms with Gasteiger partial charge in [0.05, 0.1) is 5.69 Å². The quantitative estimate of drug-likeness (QED) is 0.833. The molecule has 1 aromatic heterocycles. The third-order valence-electron chi connectivity index (χ3n) is 2.99. The molecule has 92 valence electrons. The van der Waals surface area contributed by atoms with Crippen LogP contribution in [0, 0.1) is 5.92 Å². The molecular formula is C13H24N2O. The van der Waals surface area contributed by atoms with Crippen LogP contribution in [0.1, 0.15) is 58.3 Å². The molecule has 1 aromatic rings. The fourth-order valence-electron chi connectivity index (χ4n) is 1.92. The molecule has 1 N–H and O–H groups in total. The van der Waals surface area contributed by atoms with Crippen molar-refractivity contribution in [3.8, 4) is 5.75 Å². The number of aryl methyl sites for hydroxylation is 1. The predicted molar refractivity (Wildman–Crippen MR) is 66.8 cm³/mol. The van der Waals surface area contributed by atoms with Gasteiger partial charge in [-0.15, -0.1) is 0 Å². The Morgan fingerprint density at radius 3 is 2.31 bits per heavy atom. The smallest absolute Gasteiger partial charge is 0.160 e. The highest BCUT2D eigenvalue weighted by atomic mass is 16.3. The topological polar surface area (TPSA) is 38.0 Å². The van der Waals surface area contributed by atoms with Crippen molar-refractivity contribution in [2.45, 2.75) is 59.9 Å². The second kappa shape index (κ2) is 5.37. The maximum atomic E-state index is 10.1. The molecule has 0 aliphatic heterocycles. The standard InChI is InChI=1S/C13H24N2O/c1-6-10(5)12-13(16)11(7-2)14-15(12)8-9(3)4/h9-10,16H,6-8H2,1-5H3. The largest absolute Gasteiger partial charge is 0.504 e. The zero-order valence-corrected chi connectivity index (χ0v) is 11.1.